The lowest BCUT2D eigenvalue weighted by atomic mass is 9.81. The number of hydrogen-bond donors (Lipinski definition) is 2. The molecule has 1 rings (SSSR count). The van der Waals surface area contributed by atoms with Gasteiger partial charge < -0.3 is 10.2 Å². The van der Waals surface area contributed by atoms with Crippen LogP contribution in [0.5, 0.6) is 0 Å². The summed E-state index contributed by atoms with van der Waals surface area (Å²) in [7, 11) is 0. The molecule has 0 amide bonds. The summed E-state index contributed by atoms with van der Waals surface area (Å²) < 4.78 is 0. The highest BCUT2D eigenvalue weighted by Crippen LogP contribution is 2.41. The quantitative estimate of drug-likeness (QED) is 0.551. The first-order valence-electron chi connectivity index (χ1n) is 8.10. The Morgan fingerprint density at radius 2 is 1.67 bits per heavy atom. The molecule has 24 heavy (non-hydrogen) atoms. The second kappa shape index (κ2) is 7.71. The minimum atomic E-state index is -2.34. The number of hydrogen-bond acceptors (Lipinski definition) is 5. The second-order valence-corrected chi connectivity index (χ2v) is 6.61. The molecule has 0 unspecified atom stereocenters. The maximum Gasteiger partial charge on any atom is 0.191 e. The topological polar surface area (TPSA) is 91.7 Å². The van der Waals surface area contributed by atoms with Gasteiger partial charge in [-0.3, -0.25) is 14.4 Å². The Balaban J connectivity index is 3.40. The normalized spacial score (nSPS) is 23.2. The molecule has 0 bridgehead atoms. The van der Waals surface area contributed by atoms with Crippen molar-refractivity contribution >= 4 is 17.3 Å². The van der Waals surface area contributed by atoms with Crippen LogP contribution in [0, 0.1) is 5.92 Å². The maximum atomic E-state index is 12.6. The van der Waals surface area contributed by atoms with Crippen molar-refractivity contribution in [3.63, 3.8) is 0 Å². The van der Waals surface area contributed by atoms with E-state index in [1.807, 2.05) is 13.8 Å². The highest BCUT2D eigenvalue weighted by Gasteiger charge is 2.58. The van der Waals surface area contributed by atoms with Crippen molar-refractivity contribution in [1.82, 2.24) is 0 Å². The first kappa shape index (κ1) is 20.0. The number of rotatable bonds is 7. The molecule has 2 atom stereocenters. The largest absolute Gasteiger partial charge is 0.508 e. The zero-order valence-corrected chi connectivity index (χ0v) is 15.0. The molecule has 1 aliphatic rings. The summed E-state index contributed by atoms with van der Waals surface area (Å²) in [6, 6.07) is 0. The maximum absolute atomic E-state index is 12.6. The number of aliphatic hydroxyl groups is 2. The molecule has 0 saturated heterocycles. The van der Waals surface area contributed by atoms with Crippen LogP contribution in [0.1, 0.15) is 53.9 Å². The summed E-state index contributed by atoms with van der Waals surface area (Å²) in [6.07, 6.45) is 3.32. The van der Waals surface area contributed by atoms with Gasteiger partial charge in [-0.25, -0.2) is 0 Å². The standard InChI is InChI=1S/C19H26O5/c1-6-14(20)16-17(22)13(9-7-11(2)3)19(24,18(16)23)15(21)10-8-12(4)5/h7-8,13,23-24H,6,9-10H2,1-5H3/t13-,19+/m1/s1. The van der Waals surface area contributed by atoms with Crippen molar-refractivity contribution in [1.29, 1.82) is 0 Å². The van der Waals surface area contributed by atoms with Crippen LogP contribution in [0.3, 0.4) is 0 Å². The van der Waals surface area contributed by atoms with Crippen molar-refractivity contribution in [2.24, 2.45) is 5.92 Å². The van der Waals surface area contributed by atoms with Crippen LogP contribution < -0.4 is 0 Å². The summed E-state index contributed by atoms with van der Waals surface area (Å²) in [5, 5.41) is 21.3. The Morgan fingerprint density at radius 3 is 2.12 bits per heavy atom. The molecule has 132 valence electrons. The summed E-state index contributed by atoms with van der Waals surface area (Å²) in [6.45, 7) is 8.83. The van der Waals surface area contributed by atoms with Gasteiger partial charge in [0.25, 0.3) is 0 Å². The molecule has 0 fully saturated rings. The molecule has 0 radical (unpaired) electrons. The zero-order chi connectivity index (χ0) is 18.7. The van der Waals surface area contributed by atoms with Gasteiger partial charge in [0.2, 0.25) is 0 Å². The van der Waals surface area contributed by atoms with Gasteiger partial charge in [0, 0.05) is 12.8 Å². The van der Waals surface area contributed by atoms with Gasteiger partial charge in [0.05, 0.1) is 5.92 Å². The van der Waals surface area contributed by atoms with Crippen molar-refractivity contribution < 1.29 is 24.6 Å². The predicted octanol–water partition coefficient (Wildman–Crippen LogP) is 2.99. The van der Waals surface area contributed by atoms with Crippen LogP contribution in [0.2, 0.25) is 0 Å². The molecular weight excluding hydrogens is 308 g/mol. The first-order chi connectivity index (χ1) is 11.1. The second-order valence-electron chi connectivity index (χ2n) is 6.61. The Morgan fingerprint density at radius 1 is 1.12 bits per heavy atom. The van der Waals surface area contributed by atoms with Crippen LogP contribution in [0.25, 0.3) is 0 Å². The van der Waals surface area contributed by atoms with Crippen LogP contribution in [0.15, 0.2) is 34.6 Å². The van der Waals surface area contributed by atoms with Gasteiger partial charge in [0.15, 0.2) is 23.0 Å². The van der Waals surface area contributed by atoms with E-state index in [1.54, 1.807) is 32.9 Å². The van der Waals surface area contributed by atoms with Crippen molar-refractivity contribution in [2.45, 2.75) is 59.5 Å². The van der Waals surface area contributed by atoms with Gasteiger partial charge in [-0.2, -0.15) is 0 Å². The number of ketones is 3. The fraction of sp³-hybridized carbons (Fsp3) is 0.526. The third-order valence-corrected chi connectivity index (χ3v) is 4.15. The van der Waals surface area contributed by atoms with Crippen molar-refractivity contribution in [3.8, 4) is 0 Å². The molecule has 0 aromatic heterocycles. The van der Waals surface area contributed by atoms with Crippen molar-refractivity contribution in [3.05, 3.63) is 34.6 Å². The lowest BCUT2D eigenvalue weighted by Gasteiger charge is -2.27. The number of carbonyl (C=O) groups excluding carboxylic acids is 3. The minimum Gasteiger partial charge on any atom is -0.508 e. The molecule has 0 spiro atoms. The average molecular weight is 334 g/mol. The Kier molecular flexibility index (Phi) is 6.43. The highest BCUT2D eigenvalue weighted by atomic mass is 16.3. The highest BCUT2D eigenvalue weighted by molar-refractivity contribution is 6.25. The van der Waals surface area contributed by atoms with Crippen LogP contribution in [-0.2, 0) is 14.4 Å². The summed E-state index contributed by atoms with van der Waals surface area (Å²) in [5.41, 5.74) is -0.977. The fourth-order valence-electron chi connectivity index (χ4n) is 2.69. The number of allylic oxidation sites excluding steroid dienone is 5. The van der Waals surface area contributed by atoms with E-state index in [9.17, 15) is 24.6 Å². The molecule has 0 aromatic carbocycles. The van der Waals surface area contributed by atoms with E-state index in [-0.39, 0.29) is 19.3 Å². The molecule has 5 heteroatoms. The third kappa shape index (κ3) is 3.73. The van der Waals surface area contributed by atoms with Gasteiger partial charge >= 0.3 is 0 Å². The third-order valence-electron chi connectivity index (χ3n) is 4.15. The van der Waals surface area contributed by atoms with Crippen LogP contribution >= 0.6 is 0 Å². The molecule has 5 nitrogen and oxygen atoms in total. The van der Waals surface area contributed by atoms with Crippen LogP contribution in [-0.4, -0.2) is 33.2 Å². The lowest BCUT2D eigenvalue weighted by molar-refractivity contribution is -0.144. The molecule has 0 aromatic rings. The molecule has 0 heterocycles. The molecular formula is C19H26O5. The smallest absolute Gasteiger partial charge is 0.191 e. The average Bonchev–Trinajstić information content (AvgIpc) is 2.70. The monoisotopic (exact) mass is 334 g/mol. The zero-order valence-electron chi connectivity index (χ0n) is 15.0. The summed E-state index contributed by atoms with van der Waals surface area (Å²) in [5.74, 6) is -3.87. The Labute approximate surface area is 142 Å². The van der Waals surface area contributed by atoms with E-state index in [0.29, 0.717) is 0 Å². The fourth-order valence-corrected chi connectivity index (χ4v) is 2.69. The van der Waals surface area contributed by atoms with E-state index >= 15 is 0 Å². The molecule has 0 saturated carbocycles. The van der Waals surface area contributed by atoms with E-state index in [1.165, 1.54) is 0 Å². The Hall–Kier alpha value is -2.01. The van der Waals surface area contributed by atoms with Gasteiger partial charge in [0.1, 0.15) is 11.3 Å². The van der Waals surface area contributed by atoms with E-state index in [0.717, 1.165) is 11.1 Å². The van der Waals surface area contributed by atoms with E-state index in [2.05, 4.69) is 0 Å². The molecule has 2 N–H and O–H groups in total. The number of Topliss-reactive ketones (excluding diaryl/α,β-unsaturated/α-hetero) is 3. The summed E-state index contributed by atoms with van der Waals surface area (Å²) in [4.78, 5) is 37.2. The van der Waals surface area contributed by atoms with Crippen molar-refractivity contribution in [2.75, 3.05) is 0 Å². The van der Waals surface area contributed by atoms with E-state index in [4.69, 9.17) is 0 Å². The van der Waals surface area contributed by atoms with E-state index < -0.39 is 40.2 Å². The minimum absolute atomic E-state index is 0.0126. The van der Waals surface area contributed by atoms with Crippen LogP contribution in [0.4, 0.5) is 0 Å². The number of aliphatic hydroxyl groups excluding tert-OH is 1. The van der Waals surface area contributed by atoms with Gasteiger partial charge in [-0.1, -0.05) is 30.2 Å². The number of carbonyl (C=O) groups is 3. The van der Waals surface area contributed by atoms with Gasteiger partial charge in [-0.15, -0.1) is 0 Å². The van der Waals surface area contributed by atoms with Gasteiger partial charge in [-0.05, 0) is 34.1 Å². The summed E-state index contributed by atoms with van der Waals surface area (Å²) >= 11 is 0. The SMILES string of the molecule is CCC(=O)C1=C(O)[C@@](O)(C(=O)CC=C(C)C)[C@H](CC=C(C)C)C1=O. The molecule has 0 aliphatic heterocycles. The molecule has 1 aliphatic carbocycles. The lowest BCUT2D eigenvalue weighted by Crippen LogP contribution is -2.46. The Bertz CT molecular complexity index is 643. The first-order valence-corrected chi connectivity index (χ1v) is 8.10. The predicted molar refractivity (Wildman–Crippen MR) is 91.5 cm³/mol.